The molecule has 15 heavy (non-hydrogen) atoms. The number of aryl methyl sites for hydroxylation is 1. The highest BCUT2D eigenvalue weighted by Gasteiger charge is 2.24. The third kappa shape index (κ3) is 2.77. The first-order valence-corrected chi connectivity index (χ1v) is 5.15. The summed E-state index contributed by atoms with van der Waals surface area (Å²) < 4.78 is 0.778. The fourth-order valence-corrected chi connectivity index (χ4v) is 1.64. The molecule has 1 aromatic carbocycles. The van der Waals surface area contributed by atoms with E-state index in [9.17, 15) is 9.90 Å². The summed E-state index contributed by atoms with van der Waals surface area (Å²) >= 11 is 3.25. The summed E-state index contributed by atoms with van der Waals surface area (Å²) in [6.45, 7) is 1.79. The molecule has 0 saturated carbocycles. The predicted molar refractivity (Wildman–Crippen MR) is 59.5 cm³/mol. The monoisotopic (exact) mass is 273 g/mol. The molecule has 4 N–H and O–H groups in total. The number of aliphatic hydroxyl groups excluding tert-OH is 1. The van der Waals surface area contributed by atoms with Gasteiger partial charge in [0.25, 0.3) is 0 Å². The molecule has 0 radical (unpaired) electrons. The molecular formula is C10H12BrNO3. The fraction of sp³-hybridized carbons (Fsp3) is 0.300. The van der Waals surface area contributed by atoms with Crippen molar-refractivity contribution in [2.24, 2.45) is 5.73 Å². The second-order valence-electron chi connectivity index (χ2n) is 3.31. The van der Waals surface area contributed by atoms with E-state index in [4.69, 9.17) is 10.8 Å². The van der Waals surface area contributed by atoms with E-state index in [-0.39, 0.29) is 0 Å². The fourth-order valence-electron chi connectivity index (χ4n) is 1.26. The average Bonchev–Trinajstić information content (AvgIpc) is 2.19. The average molecular weight is 274 g/mol. The Morgan fingerprint density at radius 3 is 2.67 bits per heavy atom. The van der Waals surface area contributed by atoms with Crippen molar-refractivity contribution in [1.29, 1.82) is 0 Å². The lowest BCUT2D eigenvalue weighted by Crippen LogP contribution is -2.36. The first-order chi connectivity index (χ1) is 6.93. The van der Waals surface area contributed by atoms with Crippen molar-refractivity contribution in [1.82, 2.24) is 0 Å². The Hall–Kier alpha value is -0.910. The number of carboxylic acid groups (broad SMARTS) is 1. The SMILES string of the molecule is Cc1ccc(Br)cc1C(O)C(N)C(=O)O. The van der Waals surface area contributed by atoms with Crippen LogP contribution in [0.2, 0.25) is 0 Å². The Kier molecular flexibility index (Phi) is 3.84. The number of rotatable bonds is 3. The molecule has 0 heterocycles. The highest BCUT2D eigenvalue weighted by Crippen LogP contribution is 2.23. The molecule has 1 aromatic rings. The van der Waals surface area contributed by atoms with Crippen LogP contribution < -0.4 is 5.73 Å². The van der Waals surface area contributed by atoms with Gasteiger partial charge in [-0.3, -0.25) is 4.79 Å². The quantitative estimate of drug-likeness (QED) is 0.773. The number of hydrogen-bond acceptors (Lipinski definition) is 3. The van der Waals surface area contributed by atoms with Gasteiger partial charge in [0, 0.05) is 4.47 Å². The minimum absolute atomic E-state index is 0.527. The van der Waals surface area contributed by atoms with Crippen LogP contribution in [0.5, 0.6) is 0 Å². The van der Waals surface area contributed by atoms with E-state index >= 15 is 0 Å². The maximum Gasteiger partial charge on any atom is 0.323 e. The summed E-state index contributed by atoms with van der Waals surface area (Å²) in [5.74, 6) is -1.22. The minimum atomic E-state index is -1.31. The van der Waals surface area contributed by atoms with E-state index < -0.39 is 18.1 Å². The van der Waals surface area contributed by atoms with Crippen LogP contribution in [-0.4, -0.2) is 22.2 Å². The van der Waals surface area contributed by atoms with Gasteiger partial charge in [0.15, 0.2) is 0 Å². The molecule has 0 spiro atoms. The van der Waals surface area contributed by atoms with Crippen LogP contribution in [0, 0.1) is 6.92 Å². The lowest BCUT2D eigenvalue weighted by atomic mass is 9.98. The second kappa shape index (κ2) is 4.74. The lowest BCUT2D eigenvalue weighted by Gasteiger charge is -2.17. The highest BCUT2D eigenvalue weighted by atomic mass is 79.9. The standard InChI is InChI=1S/C10H12BrNO3/c1-5-2-3-6(11)4-7(5)9(13)8(12)10(14)15/h2-4,8-9,13H,12H2,1H3,(H,14,15). The van der Waals surface area contributed by atoms with Gasteiger partial charge in [-0.2, -0.15) is 0 Å². The van der Waals surface area contributed by atoms with Gasteiger partial charge in [-0.15, -0.1) is 0 Å². The first-order valence-electron chi connectivity index (χ1n) is 4.36. The van der Waals surface area contributed by atoms with E-state index in [1.54, 1.807) is 19.1 Å². The minimum Gasteiger partial charge on any atom is -0.480 e. The number of aliphatic carboxylic acids is 1. The third-order valence-corrected chi connectivity index (χ3v) is 2.68. The Balaban J connectivity index is 3.04. The van der Waals surface area contributed by atoms with E-state index in [2.05, 4.69) is 15.9 Å². The Morgan fingerprint density at radius 2 is 2.13 bits per heavy atom. The summed E-state index contributed by atoms with van der Waals surface area (Å²) in [4.78, 5) is 10.6. The van der Waals surface area contributed by atoms with Crippen LogP contribution in [0.1, 0.15) is 17.2 Å². The van der Waals surface area contributed by atoms with Gasteiger partial charge in [-0.05, 0) is 30.2 Å². The van der Waals surface area contributed by atoms with Gasteiger partial charge in [-0.25, -0.2) is 0 Å². The Labute approximate surface area is 95.8 Å². The van der Waals surface area contributed by atoms with E-state index in [1.807, 2.05) is 6.07 Å². The zero-order valence-electron chi connectivity index (χ0n) is 8.14. The molecule has 82 valence electrons. The van der Waals surface area contributed by atoms with E-state index in [1.165, 1.54) is 0 Å². The highest BCUT2D eigenvalue weighted by molar-refractivity contribution is 9.10. The van der Waals surface area contributed by atoms with Gasteiger partial charge in [0.2, 0.25) is 0 Å². The molecule has 0 aliphatic carbocycles. The molecule has 0 aliphatic rings. The van der Waals surface area contributed by atoms with Gasteiger partial charge >= 0.3 is 5.97 Å². The number of carbonyl (C=O) groups is 1. The van der Waals surface area contributed by atoms with Gasteiger partial charge in [0.05, 0.1) is 0 Å². The molecule has 0 fully saturated rings. The number of hydrogen-bond donors (Lipinski definition) is 3. The zero-order chi connectivity index (χ0) is 11.6. The number of halogens is 1. The summed E-state index contributed by atoms with van der Waals surface area (Å²) in [7, 11) is 0. The molecule has 0 bridgehead atoms. The molecule has 2 atom stereocenters. The van der Waals surface area contributed by atoms with Crippen molar-refractivity contribution in [3.8, 4) is 0 Å². The van der Waals surface area contributed by atoms with Crippen molar-refractivity contribution < 1.29 is 15.0 Å². The van der Waals surface area contributed by atoms with Crippen LogP contribution in [-0.2, 0) is 4.79 Å². The van der Waals surface area contributed by atoms with Gasteiger partial charge in [-0.1, -0.05) is 22.0 Å². The van der Waals surface area contributed by atoms with Crippen molar-refractivity contribution >= 4 is 21.9 Å². The second-order valence-corrected chi connectivity index (χ2v) is 4.23. The number of nitrogens with two attached hydrogens (primary N) is 1. The lowest BCUT2D eigenvalue weighted by molar-refractivity contribution is -0.141. The third-order valence-electron chi connectivity index (χ3n) is 2.19. The zero-order valence-corrected chi connectivity index (χ0v) is 9.73. The Bertz CT molecular complexity index is 381. The molecule has 0 saturated heterocycles. The normalized spacial score (nSPS) is 14.7. The molecule has 4 nitrogen and oxygen atoms in total. The van der Waals surface area contributed by atoms with Crippen LogP contribution in [0.3, 0.4) is 0 Å². The maximum absolute atomic E-state index is 10.6. The largest absolute Gasteiger partial charge is 0.480 e. The van der Waals surface area contributed by atoms with E-state index in [0.29, 0.717) is 5.56 Å². The van der Waals surface area contributed by atoms with E-state index in [0.717, 1.165) is 10.0 Å². The maximum atomic E-state index is 10.6. The molecule has 2 unspecified atom stereocenters. The molecule has 0 amide bonds. The Morgan fingerprint density at radius 1 is 1.53 bits per heavy atom. The smallest absolute Gasteiger partial charge is 0.323 e. The summed E-state index contributed by atoms with van der Waals surface area (Å²) in [5.41, 5.74) is 6.68. The van der Waals surface area contributed by atoms with Crippen LogP contribution in [0.15, 0.2) is 22.7 Å². The first kappa shape index (κ1) is 12.2. The van der Waals surface area contributed by atoms with Gasteiger partial charge < -0.3 is 15.9 Å². The topological polar surface area (TPSA) is 83.5 Å². The predicted octanol–water partition coefficient (Wildman–Crippen LogP) is 1.20. The molecule has 0 aliphatic heterocycles. The van der Waals surface area contributed by atoms with Gasteiger partial charge in [0.1, 0.15) is 12.1 Å². The number of aliphatic hydroxyl groups is 1. The van der Waals surface area contributed by atoms with Crippen molar-refractivity contribution in [2.75, 3.05) is 0 Å². The number of benzene rings is 1. The summed E-state index contributed by atoms with van der Waals surface area (Å²) in [5, 5.41) is 18.4. The van der Waals surface area contributed by atoms with Crippen LogP contribution in [0.4, 0.5) is 0 Å². The van der Waals surface area contributed by atoms with Crippen molar-refractivity contribution in [3.05, 3.63) is 33.8 Å². The van der Waals surface area contributed by atoms with Crippen LogP contribution in [0.25, 0.3) is 0 Å². The van der Waals surface area contributed by atoms with Crippen molar-refractivity contribution in [3.63, 3.8) is 0 Å². The van der Waals surface area contributed by atoms with Crippen molar-refractivity contribution in [2.45, 2.75) is 19.1 Å². The summed E-state index contributed by atoms with van der Waals surface area (Å²) in [6, 6.07) is 3.97. The molecule has 5 heteroatoms. The molecular weight excluding hydrogens is 262 g/mol. The molecule has 0 aromatic heterocycles. The number of carboxylic acids is 1. The summed E-state index contributed by atoms with van der Waals surface area (Å²) in [6.07, 6.45) is -1.19. The van der Waals surface area contributed by atoms with Crippen LogP contribution >= 0.6 is 15.9 Å². The molecule has 1 rings (SSSR count).